The Kier molecular flexibility index (Phi) is 3.84. The lowest BCUT2D eigenvalue weighted by Gasteiger charge is -2.02. The molecule has 1 aromatic rings. The SMILES string of the molecule is NC(=O)NN=Cc1ccccc1B(O)O. The second kappa shape index (κ2) is 5.13. The van der Waals surface area contributed by atoms with Crippen molar-refractivity contribution < 1.29 is 14.8 Å². The minimum absolute atomic E-state index is 0.299. The van der Waals surface area contributed by atoms with E-state index in [0.29, 0.717) is 11.0 Å². The Labute approximate surface area is 86.6 Å². The van der Waals surface area contributed by atoms with Gasteiger partial charge in [-0.15, -0.1) is 0 Å². The number of rotatable bonds is 3. The number of primary amides is 1. The molecule has 0 aliphatic heterocycles. The standard InChI is InChI=1S/C8H10BN3O3/c10-8(13)12-11-5-6-3-1-2-4-7(6)9(14)15/h1-5,14-15H,(H3,10,12,13). The normalized spacial score (nSPS) is 10.3. The molecule has 7 heteroatoms. The summed E-state index contributed by atoms with van der Waals surface area (Å²) in [6.45, 7) is 0. The molecule has 0 heterocycles. The van der Waals surface area contributed by atoms with E-state index in [-0.39, 0.29) is 0 Å². The monoisotopic (exact) mass is 207 g/mol. The molecule has 1 aromatic carbocycles. The maximum atomic E-state index is 10.3. The third-order valence-corrected chi connectivity index (χ3v) is 1.65. The van der Waals surface area contributed by atoms with Gasteiger partial charge in [0.2, 0.25) is 0 Å². The molecule has 0 radical (unpaired) electrons. The Morgan fingerprint density at radius 3 is 2.73 bits per heavy atom. The van der Waals surface area contributed by atoms with E-state index in [9.17, 15) is 4.79 Å². The summed E-state index contributed by atoms with van der Waals surface area (Å²) in [5, 5.41) is 21.5. The molecule has 2 amide bonds. The molecule has 5 N–H and O–H groups in total. The van der Waals surface area contributed by atoms with E-state index in [4.69, 9.17) is 15.8 Å². The molecule has 6 nitrogen and oxygen atoms in total. The number of nitrogens with zero attached hydrogens (tertiary/aromatic N) is 1. The Bertz CT molecular complexity index is 381. The molecule has 0 aliphatic rings. The maximum Gasteiger partial charge on any atom is 0.489 e. The molecule has 0 aromatic heterocycles. The van der Waals surface area contributed by atoms with Crippen LogP contribution in [-0.2, 0) is 0 Å². The van der Waals surface area contributed by atoms with Gasteiger partial charge in [0.25, 0.3) is 0 Å². The zero-order valence-electron chi connectivity index (χ0n) is 7.79. The summed E-state index contributed by atoms with van der Waals surface area (Å²) in [6.07, 6.45) is 1.28. The van der Waals surface area contributed by atoms with E-state index >= 15 is 0 Å². The van der Waals surface area contributed by atoms with E-state index < -0.39 is 13.1 Å². The third-order valence-electron chi connectivity index (χ3n) is 1.65. The maximum absolute atomic E-state index is 10.3. The van der Waals surface area contributed by atoms with Crippen molar-refractivity contribution in [2.24, 2.45) is 10.8 Å². The predicted molar refractivity (Wildman–Crippen MR) is 56.6 cm³/mol. The van der Waals surface area contributed by atoms with Crippen LogP contribution in [0, 0.1) is 0 Å². The van der Waals surface area contributed by atoms with Crippen molar-refractivity contribution in [3.63, 3.8) is 0 Å². The summed E-state index contributed by atoms with van der Waals surface area (Å²) in [5.41, 5.74) is 7.58. The number of benzene rings is 1. The average molecular weight is 207 g/mol. The molecule has 0 spiro atoms. The fraction of sp³-hybridized carbons (Fsp3) is 0. The fourth-order valence-corrected chi connectivity index (χ4v) is 1.03. The predicted octanol–water partition coefficient (Wildman–Crippen LogP) is -1.63. The number of hydrogen-bond donors (Lipinski definition) is 4. The summed E-state index contributed by atoms with van der Waals surface area (Å²) in [6, 6.07) is 5.75. The van der Waals surface area contributed by atoms with Crippen LogP contribution in [-0.4, -0.2) is 29.4 Å². The third kappa shape index (κ3) is 3.41. The van der Waals surface area contributed by atoms with Gasteiger partial charge in [-0.05, 0) is 11.0 Å². The van der Waals surface area contributed by atoms with Gasteiger partial charge in [-0.25, -0.2) is 10.2 Å². The van der Waals surface area contributed by atoms with Crippen LogP contribution in [0.1, 0.15) is 5.56 Å². The molecule has 15 heavy (non-hydrogen) atoms. The Hall–Kier alpha value is -1.86. The summed E-state index contributed by atoms with van der Waals surface area (Å²) in [5.74, 6) is 0. The van der Waals surface area contributed by atoms with Crippen LogP contribution in [0.25, 0.3) is 0 Å². The Morgan fingerprint density at radius 1 is 1.47 bits per heavy atom. The molecule has 0 saturated heterocycles. The Balaban J connectivity index is 2.84. The highest BCUT2D eigenvalue weighted by atomic mass is 16.4. The van der Waals surface area contributed by atoms with Crippen molar-refractivity contribution in [1.29, 1.82) is 0 Å². The molecule has 1 rings (SSSR count). The smallest absolute Gasteiger partial charge is 0.423 e. The highest BCUT2D eigenvalue weighted by Gasteiger charge is 2.13. The van der Waals surface area contributed by atoms with Crippen LogP contribution in [0.3, 0.4) is 0 Å². The van der Waals surface area contributed by atoms with Crippen LogP contribution in [0.4, 0.5) is 4.79 Å². The van der Waals surface area contributed by atoms with Crippen LogP contribution < -0.4 is 16.6 Å². The van der Waals surface area contributed by atoms with E-state index in [1.165, 1.54) is 12.3 Å². The van der Waals surface area contributed by atoms with Crippen LogP contribution >= 0.6 is 0 Å². The fourth-order valence-electron chi connectivity index (χ4n) is 1.03. The highest BCUT2D eigenvalue weighted by Crippen LogP contribution is 1.93. The number of hydrazone groups is 1. The number of hydrogen-bond acceptors (Lipinski definition) is 4. The van der Waals surface area contributed by atoms with E-state index in [2.05, 4.69) is 5.10 Å². The largest absolute Gasteiger partial charge is 0.489 e. The summed E-state index contributed by atoms with van der Waals surface area (Å²) >= 11 is 0. The second-order valence-corrected chi connectivity index (χ2v) is 2.74. The highest BCUT2D eigenvalue weighted by molar-refractivity contribution is 6.60. The van der Waals surface area contributed by atoms with Crippen molar-refractivity contribution in [2.75, 3.05) is 0 Å². The van der Waals surface area contributed by atoms with Crippen molar-refractivity contribution >= 4 is 24.8 Å². The topological polar surface area (TPSA) is 108 Å². The minimum atomic E-state index is -1.58. The van der Waals surface area contributed by atoms with E-state index in [1.54, 1.807) is 18.2 Å². The number of nitrogens with one attached hydrogen (secondary N) is 1. The Morgan fingerprint density at radius 2 is 2.13 bits per heavy atom. The number of amides is 2. The second-order valence-electron chi connectivity index (χ2n) is 2.74. The van der Waals surface area contributed by atoms with Gasteiger partial charge >= 0.3 is 13.1 Å². The first-order chi connectivity index (χ1) is 7.11. The van der Waals surface area contributed by atoms with Gasteiger partial charge in [0.15, 0.2) is 0 Å². The summed E-state index contributed by atoms with van der Waals surface area (Å²) < 4.78 is 0. The number of carbonyl (C=O) groups excluding carboxylic acids is 1. The van der Waals surface area contributed by atoms with Crippen molar-refractivity contribution in [3.05, 3.63) is 29.8 Å². The molecule has 0 atom stereocenters. The van der Waals surface area contributed by atoms with Gasteiger partial charge in [0.1, 0.15) is 0 Å². The first-order valence-corrected chi connectivity index (χ1v) is 4.15. The first-order valence-electron chi connectivity index (χ1n) is 4.15. The summed E-state index contributed by atoms with van der Waals surface area (Å²) in [4.78, 5) is 10.3. The van der Waals surface area contributed by atoms with Crippen molar-refractivity contribution in [2.45, 2.75) is 0 Å². The van der Waals surface area contributed by atoms with Crippen molar-refractivity contribution in [1.82, 2.24) is 5.43 Å². The van der Waals surface area contributed by atoms with Crippen LogP contribution in [0.2, 0.25) is 0 Å². The lowest BCUT2D eigenvalue weighted by Crippen LogP contribution is -2.33. The number of nitrogens with two attached hydrogens (primary N) is 1. The number of urea groups is 1. The van der Waals surface area contributed by atoms with E-state index in [0.717, 1.165) is 0 Å². The van der Waals surface area contributed by atoms with Gasteiger partial charge in [0.05, 0.1) is 6.21 Å². The van der Waals surface area contributed by atoms with Crippen LogP contribution in [0.5, 0.6) is 0 Å². The molecular weight excluding hydrogens is 197 g/mol. The van der Waals surface area contributed by atoms with Crippen LogP contribution in [0.15, 0.2) is 29.4 Å². The molecule has 0 fully saturated rings. The van der Waals surface area contributed by atoms with Crippen molar-refractivity contribution in [3.8, 4) is 0 Å². The molecular formula is C8H10BN3O3. The first kappa shape index (κ1) is 11.2. The number of carbonyl (C=O) groups is 1. The van der Waals surface area contributed by atoms with Gasteiger partial charge in [-0.3, -0.25) is 0 Å². The van der Waals surface area contributed by atoms with Gasteiger partial charge in [-0.2, -0.15) is 5.10 Å². The molecule has 0 unspecified atom stereocenters. The molecule has 0 aliphatic carbocycles. The molecule has 78 valence electrons. The minimum Gasteiger partial charge on any atom is -0.423 e. The van der Waals surface area contributed by atoms with Gasteiger partial charge in [-0.1, -0.05) is 24.3 Å². The quantitative estimate of drug-likeness (QED) is 0.271. The average Bonchev–Trinajstić information content (AvgIpc) is 2.17. The molecule has 0 bridgehead atoms. The van der Waals surface area contributed by atoms with Gasteiger partial charge in [0, 0.05) is 0 Å². The summed E-state index contributed by atoms with van der Waals surface area (Å²) in [7, 11) is -1.58. The zero-order chi connectivity index (χ0) is 11.3. The lowest BCUT2D eigenvalue weighted by molar-refractivity contribution is 0.249. The van der Waals surface area contributed by atoms with Gasteiger partial charge < -0.3 is 15.8 Å². The molecule has 0 saturated carbocycles. The lowest BCUT2D eigenvalue weighted by atomic mass is 9.77. The van der Waals surface area contributed by atoms with E-state index in [1.807, 2.05) is 5.43 Å². The zero-order valence-corrected chi connectivity index (χ0v) is 7.79.